The number of methoxy groups -OCH3 is 1. The Hall–Kier alpha value is -4.10. The number of anilines is 2. The summed E-state index contributed by atoms with van der Waals surface area (Å²) >= 11 is 0. The molecule has 1 aliphatic heterocycles. The van der Waals surface area contributed by atoms with Gasteiger partial charge < -0.3 is 25.6 Å². The van der Waals surface area contributed by atoms with Gasteiger partial charge in [-0.3, -0.25) is 4.79 Å². The van der Waals surface area contributed by atoms with E-state index >= 15 is 0 Å². The zero-order valence-electron chi connectivity index (χ0n) is 22.4. The minimum absolute atomic E-state index is 0.0135. The highest BCUT2D eigenvalue weighted by Crippen LogP contribution is 2.34. The molecule has 0 bridgehead atoms. The second-order valence-electron chi connectivity index (χ2n) is 10.4. The summed E-state index contributed by atoms with van der Waals surface area (Å²) < 4.78 is 22.1. The van der Waals surface area contributed by atoms with Crippen molar-refractivity contribution in [3.05, 3.63) is 53.8 Å². The zero-order chi connectivity index (χ0) is 27.5. The Kier molecular flexibility index (Phi) is 7.70. The number of nitriles is 1. The van der Waals surface area contributed by atoms with Gasteiger partial charge in [0.05, 0.1) is 24.9 Å². The second kappa shape index (κ2) is 11.3. The van der Waals surface area contributed by atoms with Gasteiger partial charge in [-0.1, -0.05) is 12.5 Å². The van der Waals surface area contributed by atoms with Crippen LogP contribution in [0.1, 0.15) is 31.2 Å². The number of carbonyl (C=O) groups excluding carboxylic acids is 1. The number of piperazine rings is 1. The SMILES string of the molecule is COc1cc(N2CCN(C)C(=O)C2)ccc1-n1nc(NC[C@H]2CCC[C@H](N)C2)cc1-c1ccc(C#N)c(F)c1. The predicted molar refractivity (Wildman–Crippen MR) is 148 cm³/mol. The van der Waals surface area contributed by atoms with Crippen molar-refractivity contribution in [1.29, 1.82) is 5.26 Å². The summed E-state index contributed by atoms with van der Waals surface area (Å²) in [6, 6.07) is 14.3. The number of hydrogen-bond acceptors (Lipinski definition) is 7. The minimum Gasteiger partial charge on any atom is -0.494 e. The first kappa shape index (κ1) is 26.5. The van der Waals surface area contributed by atoms with Crippen molar-refractivity contribution in [1.82, 2.24) is 14.7 Å². The number of ether oxygens (including phenoxy) is 1. The van der Waals surface area contributed by atoms with Gasteiger partial charge in [0.15, 0.2) is 0 Å². The summed E-state index contributed by atoms with van der Waals surface area (Å²) in [4.78, 5) is 16.0. The number of aromatic nitrogens is 2. The van der Waals surface area contributed by atoms with Gasteiger partial charge in [-0.05, 0) is 49.4 Å². The number of benzene rings is 2. The largest absolute Gasteiger partial charge is 0.494 e. The van der Waals surface area contributed by atoms with Crippen molar-refractivity contribution in [3.8, 4) is 28.8 Å². The molecular weight excluding hydrogens is 497 g/mol. The minimum atomic E-state index is -0.588. The van der Waals surface area contributed by atoms with Crippen LogP contribution < -0.4 is 20.7 Å². The summed E-state index contributed by atoms with van der Waals surface area (Å²) in [6.07, 6.45) is 4.29. The first-order valence-corrected chi connectivity index (χ1v) is 13.3. The summed E-state index contributed by atoms with van der Waals surface area (Å²) in [6.45, 7) is 2.42. The Labute approximate surface area is 227 Å². The molecule has 0 spiro atoms. The molecule has 10 heteroatoms. The Morgan fingerprint density at radius 2 is 2.05 bits per heavy atom. The number of carbonyl (C=O) groups is 1. The molecule has 1 aliphatic carbocycles. The lowest BCUT2D eigenvalue weighted by atomic mass is 9.86. The van der Waals surface area contributed by atoms with Crippen molar-refractivity contribution in [2.75, 3.05) is 50.6 Å². The molecule has 5 rings (SSSR count). The van der Waals surface area contributed by atoms with E-state index in [0.717, 1.165) is 44.5 Å². The van der Waals surface area contributed by atoms with Crippen LogP contribution in [0, 0.1) is 23.1 Å². The van der Waals surface area contributed by atoms with Crippen LogP contribution in [0.5, 0.6) is 5.75 Å². The average Bonchev–Trinajstić information content (AvgIpc) is 3.37. The van der Waals surface area contributed by atoms with Gasteiger partial charge in [0.2, 0.25) is 5.91 Å². The van der Waals surface area contributed by atoms with Gasteiger partial charge >= 0.3 is 0 Å². The van der Waals surface area contributed by atoms with Gasteiger partial charge in [-0.2, -0.15) is 5.26 Å². The highest BCUT2D eigenvalue weighted by Gasteiger charge is 2.24. The molecule has 2 atom stereocenters. The molecular formula is C29H34FN7O2. The number of nitrogens with two attached hydrogens (primary N) is 1. The molecule has 0 unspecified atom stereocenters. The third-order valence-electron chi connectivity index (χ3n) is 7.70. The standard InChI is InChI=1S/C29H34FN7O2/c1-35-10-11-36(18-29(35)38)23-8-9-25(27(14-23)39-2)37-26(20-6-7-21(16-31)24(30)13-20)15-28(34-37)33-17-19-4-3-5-22(32)12-19/h6-9,13-15,19,22H,3-5,10-12,17-18,32H2,1-2H3,(H,33,34)/t19-,22-/m0/s1. The Balaban J connectivity index is 1.50. The predicted octanol–water partition coefficient (Wildman–Crippen LogP) is 3.77. The van der Waals surface area contributed by atoms with E-state index in [1.54, 1.807) is 22.8 Å². The van der Waals surface area contributed by atoms with Crippen LogP contribution in [-0.4, -0.2) is 67.0 Å². The van der Waals surface area contributed by atoms with E-state index in [4.69, 9.17) is 15.6 Å². The molecule has 9 nitrogen and oxygen atoms in total. The smallest absolute Gasteiger partial charge is 0.241 e. The van der Waals surface area contributed by atoms with E-state index in [9.17, 15) is 14.4 Å². The number of nitrogens with one attached hydrogen (secondary N) is 1. The monoisotopic (exact) mass is 531 g/mol. The quantitative estimate of drug-likeness (QED) is 0.477. The molecule has 2 aliphatic rings. The first-order valence-electron chi connectivity index (χ1n) is 13.3. The molecule has 1 saturated carbocycles. The summed E-state index contributed by atoms with van der Waals surface area (Å²) in [5.41, 5.74) is 8.96. The Morgan fingerprint density at radius 1 is 1.21 bits per heavy atom. The maximum Gasteiger partial charge on any atom is 0.241 e. The Bertz CT molecular complexity index is 1400. The zero-order valence-corrected chi connectivity index (χ0v) is 22.4. The molecule has 3 aromatic rings. The number of amides is 1. The lowest BCUT2D eigenvalue weighted by Gasteiger charge is -2.33. The summed E-state index contributed by atoms with van der Waals surface area (Å²) in [7, 11) is 3.40. The van der Waals surface area contributed by atoms with E-state index in [0.29, 0.717) is 47.5 Å². The maximum absolute atomic E-state index is 14.6. The maximum atomic E-state index is 14.6. The molecule has 204 valence electrons. The van der Waals surface area contributed by atoms with Gasteiger partial charge in [-0.25, -0.2) is 9.07 Å². The fourth-order valence-electron chi connectivity index (χ4n) is 5.41. The van der Waals surface area contributed by atoms with Gasteiger partial charge in [0.1, 0.15) is 29.1 Å². The Morgan fingerprint density at radius 3 is 2.77 bits per heavy atom. The van der Waals surface area contributed by atoms with Gasteiger partial charge in [0, 0.05) is 56.1 Å². The van der Waals surface area contributed by atoms with E-state index in [2.05, 4.69) is 5.32 Å². The third-order valence-corrected chi connectivity index (χ3v) is 7.70. The first-order chi connectivity index (χ1) is 18.9. The molecule has 1 aromatic heterocycles. The van der Waals surface area contributed by atoms with Crippen LogP contribution in [0.25, 0.3) is 16.9 Å². The van der Waals surface area contributed by atoms with Crippen LogP contribution in [0.15, 0.2) is 42.5 Å². The second-order valence-corrected chi connectivity index (χ2v) is 10.4. The fourth-order valence-corrected chi connectivity index (χ4v) is 5.41. The summed E-state index contributed by atoms with van der Waals surface area (Å²) in [5, 5.41) is 17.5. The van der Waals surface area contributed by atoms with Crippen molar-refractivity contribution >= 4 is 17.4 Å². The highest BCUT2D eigenvalue weighted by molar-refractivity contribution is 5.83. The molecule has 1 saturated heterocycles. The lowest BCUT2D eigenvalue weighted by Crippen LogP contribution is -2.48. The molecule has 2 aromatic carbocycles. The topological polar surface area (TPSA) is 112 Å². The molecule has 39 heavy (non-hydrogen) atoms. The van der Waals surface area contributed by atoms with Crippen LogP contribution in [-0.2, 0) is 4.79 Å². The molecule has 2 heterocycles. The molecule has 0 radical (unpaired) electrons. The van der Waals surface area contributed by atoms with Crippen LogP contribution in [0.4, 0.5) is 15.9 Å². The van der Waals surface area contributed by atoms with E-state index in [1.165, 1.54) is 12.1 Å². The van der Waals surface area contributed by atoms with Crippen molar-refractivity contribution in [3.63, 3.8) is 0 Å². The van der Waals surface area contributed by atoms with E-state index < -0.39 is 5.82 Å². The number of halogens is 1. The van der Waals surface area contributed by atoms with Crippen LogP contribution >= 0.6 is 0 Å². The lowest BCUT2D eigenvalue weighted by molar-refractivity contribution is -0.129. The van der Waals surface area contributed by atoms with E-state index in [1.807, 2.05) is 42.3 Å². The van der Waals surface area contributed by atoms with E-state index in [-0.39, 0.29) is 17.5 Å². The summed E-state index contributed by atoms with van der Waals surface area (Å²) in [5.74, 6) is 1.17. The number of likely N-dealkylation sites (N-methyl/N-ethyl adjacent to an activating group) is 1. The molecule has 1 amide bonds. The molecule has 2 fully saturated rings. The fraction of sp³-hybridized carbons (Fsp3) is 0.414. The normalized spacial score (nSPS) is 19.6. The van der Waals surface area contributed by atoms with Crippen molar-refractivity contribution in [2.24, 2.45) is 11.7 Å². The number of nitrogens with zero attached hydrogens (tertiary/aromatic N) is 5. The average molecular weight is 532 g/mol. The number of rotatable bonds is 7. The van der Waals surface area contributed by atoms with Crippen LogP contribution in [0.2, 0.25) is 0 Å². The van der Waals surface area contributed by atoms with Gasteiger partial charge in [0.25, 0.3) is 0 Å². The van der Waals surface area contributed by atoms with Gasteiger partial charge in [-0.15, -0.1) is 5.10 Å². The molecule has 3 N–H and O–H groups in total. The van der Waals surface area contributed by atoms with Crippen molar-refractivity contribution < 1.29 is 13.9 Å². The number of hydrogen-bond donors (Lipinski definition) is 2. The van der Waals surface area contributed by atoms with Crippen LogP contribution in [0.3, 0.4) is 0 Å². The third kappa shape index (κ3) is 5.68. The highest BCUT2D eigenvalue weighted by atomic mass is 19.1. The van der Waals surface area contributed by atoms with Crippen molar-refractivity contribution in [2.45, 2.75) is 31.7 Å².